The van der Waals surface area contributed by atoms with Gasteiger partial charge in [0.25, 0.3) is 0 Å². The smallest absolute Gasteiger partial charge is 0.223 e. The van der Waals surface area contributed by atoms with Gasteiger partial charge in [-0.25, -0.2) is 0 Å². The number of rotatable bonds is 11. The van der Waals surface area contributed by atoms with Crippen molar-refractivity contribution in [2.24, 2.45) is 5.92 Å². The summed E-state index contributed by atoms with van der Waals surface area (Å²) in [6.45, 7) is 6.83. The molecule has 2 heterocycles. The van der Waals surface area contributed by atoms with Gasteiger partial charge < -0.3 is 33.7 Å². The van der Waals surface area contributed by atoms with Crippen LogP contribution in [0.5, 0.6) is 0 Å². The number of carbonyl (C=O) groups excluding carboxylic acids is 1. The Labute approximate surface area is 279 Å². The average molecular weight is 644 g/mol. The predicted octanol–water partition coefficient (Wildman–Crippen LogP) is 6.03. The average Bonchev–Trinajstić information content (AvgIpc) is 3.11. The van der Waals surface area contributed by atoms with Gasteiger partial charge in [-0.15, -0.1) is 0 Å². The number of carbonyl (C=O) groups is 1. The van der Waals surface area contributed by atoms with E-state index in [1.807, 2.05) is 103 Å². The highest BCUT2D eigenvalue weighted by atomic mass is 16.6. The molecule has 0 aromatic heterocycles. The molecule has 2 aliphatic heterocycles. The number of nitrogens with one attached hydrogen (secondary N) is 1. The first-order valence-corrected chi connectivity index (χ1v) is 16.8. The summed E-state index contributed by atoms with van der Waals surface area (Å²) in [5, 5.41) is 3.24. The van der Waals surface area contributed by atoms with E-state index in [0.717, 1.165) is 23.1 Å². The Morgan fingerprint density at radius 1 is 0.681 bits per heavy atom. The third-order valence-corrected chi connectivity index (χ3v) is 8.82. The van der Waals surface area contributed by atoms with Crippen molar-refractivity contribution in [1.29, 1.82) is 0 Å². The zero-order chi connectivity index (χ0) is 32.7. The fourth-order valence-corrected chi connectivity index (χ4v) is 5.91. The second-order valence-electron chi connectivity index (χ2n) is 12.3. The van der Waals surface area contributed by atoms with Crippen molar-refractivity contribution >= 4 is 5.91 Å². The van der Waals surface area contributed by atoms with Crippen LogP contribution in [0.3, 0.4) is 0 Å². The summed E-state index contributed by atoms with van der Waals surface area (Å²) in [4.78, 5) is 13.7. The molecule has 8 heteroatoms. The van der Waals surface area contributed by atoms with E-state index in [2.05, 4.69) is 19.2 Å². The topological polar surface area (TPSA) is 84.5 Å². The lowest BCUT2D eigenvalue weighted by Crippen LogP contribution is -2.62. The predicted molar refractivity (Wildman–Crippen MR) is 180 cm³/mol. The van der Waals surface area contributed by atoms with E-state index in [-0.39, 0.29) is 30.9 Å². The number of amides is 1. The Bertz CT molecular complexity index is 1340. The lowest BCUT2D eigenvalue weighted by atomic mass is 9.92. The van der Waals surface area contributed by atoms with Gasteiger partial charge in [-0.3, -0.25) is 4.79 Å². The summed E-state index contributed by atoms with van der Waals surface area (Å²) < 4.78 is 38.9. The molecule has 1 unspecified atom stereocenters. The van der Waals surface area contributed by atoms with Crippen LogP contribution in [-0.4, -0.2) is 68.9 Å². The molecule has 1 saturated heterocycles. The van der Waals surface area contributed by atoms with Crippen LogP contribution in [0, 0.1) is 5.92 Å². The van der Waals surface area contributed by atoms with E-state index < -0.39 is 30.5 Å². The number of fused-ring (bicyclic) bond motifs is 2. The highest BCUT2D eigenvalue weighted by molar-refractivity contribution is 5.77. The van der Waals surface area contributed by atoms with E-state index >= 15 is 0 Å². The molecule has 0 radical (unpaired) electrons. The van der Waals surface area contributed by atoms with E-state index in [0.29, 0.717) is 39.6 Å². The maximum atomic E-state index is 13.7. The molecule has 7 atom stereocenters. The lowest BCUT2D eigenvalue weighted by molar-refractivity contribution is -0.271. The molecule has 0 saturated carbocycles. The first kappa shape index (κ1) is 35.0. The lowest BCUT2D eigenvalue weighted by Gasteiger charge is -2.46. The molecule has 47 heavy (non-hydrogen) atoms. The van der Waals surface area contributed by atoms with Crippen LogP contribution >= 0.6 is 0 Å². The number of benzene rings is 3. The third kappa shape index (κ3) is 10.8. The summed E-state index contributed by atoms with van der Waals surface area (Å²) in [6.07, 6.45) is 2.11. The van der Waals surface area contributed by atoms with Crippen LogP contribution in [0.4, 0.5) is 0 Å². The first-order valence-electron chi connectivity index (χ1n) is 16.8. The van der Waals surface area contributed by atoms with Crippen molar-refractivity contribution in [3.8, 4) is 0 Å². The Morgan fingerprint density at radius 2 is 1.15 bits per heavy atom. The third-order valence-electron chi connectivity index (χ3n) is 8.82. The first-order chi connectivity index (χ1) is 23.1. The quantitative estimate of drug-likeness (QED) is 0.255. The van der Waals surface area contributed by atoms with Crippen LogP contribution in [0.15, 0.2) is 103 Å². The molecule has 8 nitrogen and oxygen atoms in total. The van der Waals surface area contributed by atoms with Crippen LogP contribution in [0.2, 0.25) is 0 Å². The Balaban J connectivity index is 1.47. The summed E-state index contributed by atoms with van der Waals surface area (Å²) in [5.74, 6) is 0.123. The van der Waals surface area contributed by atoms with Crippen molar-refractivity contribution in [2.45, 2.75) is 83.1 Å². The van der Waals surface area contributed by atoms with Gasteiger partial charge in [0.05, 0.1) is 64.8 Å². The minimum absolute atomic E-state index is 0.0950. The van der Waals surface area contributed by atoms with Crippen LogP contribution < -0.4 is 5.32 Å². The van der Waals surface area contributed by atoms with E-state index in [9.17, 15) is 4.79 Å². The molecular weight excluding hydrogens is 594 g/mol. The molecule has 1 amide bonds. The minimum Gasteiger partial charge on any atom is -0.375 e. The summed E-state index contributed by atoms with van der Waals surface area (Å²) >= 11 is 0. The van der Waals surface area contributed by atoms with Crippen LogP contribution in [0.25, 0.3) is 0 Å². The molecule has 5 rings (SSSR count). The largest absolute Gasteiger partial charge is 0.375 e. The van der Waals surface area contributed by atoms with E-state index in [4.69, 9.17) is 28.4 Å². The monoisotopic (exact) mass is 643 g/mol. The number of ether oxygens (including phenoxy) is 6. The Kier molecular flexibility index (Phi) is 14.0. The maximum Gasteiger partial charge on any atom is 0.223 e. The summed E-state index contributed by atoms with van der Waals surface area (Å²) in [7, 11) is 0. The van der Waals surface area contributed by atoms with Gasteiger partial charge in [0, 0.05) is 0 Å². The van der Waals surface area contributed by atoms with E-state index in [1.165, 1.54) is 0 Å². The molecule has 3 aromatic rings. The Hall–Kier alpha value is -3.37. The maximum absolute atomic E-state index is 13.7. The minimum atomic E-state index is -0.608. The zero-order valence-electron chi connectivity index (χ0n) is 27.6. The molecule has 252 valence electrons. The molecule has 1 N–H and O–H groups in total. The number of hydrogen-bond acceptors (Lipinski definition) is 7. The highest BCUT2D eigenvalue weighted by Crippen LogP contribution is 2.32. The van der Waals surface area contributed by atoms with Gasteiger partial charge in [-0.05, 0) is 22.6 Å². The molecule has 0 aliphatic carbocycles. The van der Waals surface area contributed by atoms with Gasteiger partial charge in [-0.1, -0.05) is 123 Å². The van der Waals surface area contributed by atoms with Crippen molar-refractivity contribution in [3.05, 3.63) is 120 Å². The second kappa shape index (κ2) is 18.8. The Morgan fingerprint density at radius 3 is 1.66 bits per heavy atom. The number of hydrogen-bond donors (Lipinski definition) is 1. The molecular formula is C39H49NO7. The zero-order valence-corrected chi connectivity index (χ0v) is 27.6. The van der Waals surface area contributed by atoms with Crippen molar-refractivity contribution in [2.75, 3.05) is 26.4 Å². The normalized spacial score (nSPS) is 27.1. The fourth-order valence-electron chi connectivity index (χ4n) is 5.91. The van der Waals surface area contributed by atoms with Gasteiger partial charge in [0.1, 0.15) is 24.4 Å². The van der Waals surface area contributed by atoms with Gasteiger partial charge in [0.15, 0.2) is 0 Å². The standard InChI is InChI=1S/C39H49NO7/c1-3-29(2)33-27-42-21-13-14-22-43-28-35-38(45-25-31-17-9-5-10-18-31)39(46-26-32-19-11-6-12-20-32)37(34(47-35)23-36(41)40-33)44-24-30-15-7-4-8-16-30/h4-20,29,33-35,37-39H,3,21-28H2,1-2H3,(H,40,41)/b14-13+/t29?,33-,34+,35-,37+,38-,39-/m1/s1. The molecule has 2 aliphatic rings. The summed E-state index contributed by atoms with van der Waals surface area (Å²) in [6, 6.07) is 30.0. The SMILES string of the molecule is CCC(C)[C@H]1COC/C=C/COC[C@H]2O[C@@H](CC(=O)N1)[C@H](OCc1ccccc1)[C@@H](OCc1ccccc1)[C@@H]2OCc1ccccc1. The highest BCUT2D eigenvalue weighted by Gasteiger charge is 2.49. The summed E-state index contributed by atoms with van der Waals surface area (Å²) in [5.41, 5.74) is 3.09. The van der Waals surface area contributed by atoms with Gasteiger partial charge in [-0.2, -0.15) is 0 Å². The molecule has 0 spiro atoms. The molecule has 3 aromatic carbocycles. The van der Waals surface area contributed by atoms with Crippen molar-refractivity contribution < 1.29 is 33.2 Å². The second-order valence-corrected chi connectivity index (χ2v) is 12.3. The van der Waals surface area contributed by atoms with Gasteiger partial charge in [0.2, 0.25) is 5.91 Å². The molecule has 1 fully saturated rings. The van der Waals surface area contributed by atoms with Crippen LogP contribution in [0.1, 0.15) is 43.4 Å². The van der Waals surface area contributed by atoms with Gasteiger partial charge >= 0.3 is 0 Å². The van der Waals surface area contributed by atoms with Crippen molar-refractivity contribution in [1.82, 2.24) is 5.32 Å². The fraction of sp³-hybridized carbons (Fsp3) is 0.462. The van der Waals surface area contributed by atoms with Crippen LogP contribution in [-0.2, 0) is 53.0 Å². The molecule has 2 bridgehead atoms. The van der Waals surface area contributed by atoms with E-state index in [1.54, 1.807) is 0 Å². The van der Waals surface area contributed by atoms with Crippen molar-refractivity contribution in [3.63, 3.8) is 0 Å².